The average Bonchev–Trinajstić information content (AvgIpc) is 2.77. The molecule has 2 unspecified atom stereocenters. The Hall–Kier alpha value is -0.500. The smallest absolute Gasteiger partial charge is 0.306 e. The van der Waals surface area contributed by atoms with Crippen LogP contribution in [0.15, 0.2) is 0 Å². The predicted molar refractivity (Wildman–Crippen MR) is 139 cm³/mol. The van der Waals surface area contributed by atoms with Crippen molar-refractivity contribution in [3.8, 4) is 0 Å². The molecule has 8 nitrogen and oxygen atoms in total. The molecule has 0 saturated heterocycles. The van der Waals surface area contributed by atoms with Crippen LogP contribution in [0.3, 0.4) is 0 Å². The summed E-state index contributed by atoms with van der Waals surface area (Å²) in [5.41, 5.74) is 0. The van der Waals surface area contributed by atoms with Gasteiger partial charge in [0.05, 0.1) is 34.4 Å². The standard InChI is InChI=1S/C26H54NO7P/c1-6-8-10-12-14-16-18-21-31-23-25(34-26(28)19-17-15-13-11-9-7-2)24-33-35(29,30)32-22-20-27(3,4)5/h25H,6-24H2,1-5H3. The van der Waals surface area contributed by atoms with E-state index in [2.05, 4.69) is 13.8 Å². The lowest BCUT2D eigenvalue weighted by Crippen LogP contribution is -2.37. The first-order valence-corrected chi connectivity index (χ1v) is 15.2. The molecule has 0 bridgehead atoms. The van der Waals surface area contributed by atoms with Crippen LogP contribution in [0.1, 0.15) is 104 Å². The first-order valence-electron chi connectivity index (χ1n) is 13.8. The van der Waals surface area contributed by atoms with E-state index in [0.29, 0.717) is 24.1 Å². The quantitative estimate of drug-likeness (QED) is 0.0663. The topological polar surface area (TPSA) is 94.1 Å². The summed E-state index contributed by atoms with van der Waals surface area (Å²) in [5, 5.41) is 0. The first-order chi connectivity index (χ1) is 16.6. The van der Waals surface area contributed by atoms with Gasteiger partial charge in [0.15, 0.2) is 0 Å². The molecule has 9 heteroatoms. The van der Waals surface area contributed by atoms with Crippen LogP contribution < -0.4 is 4.89 Å². The number of carbonyl (C=O) groups is 1. The molecule has 35 heavy (non-hydrogen) atoms. The number of phosphoric acid groups is 1. The maximum absolute atomic E-state index is 12.3. The Bertz CT molecular complexity index is 554. The van der Waals surface area contributed by atoms with E-state index in [-0.39, 0.29) is 25.8 Å². The number of hydrogen-bond acceptors (Lipinski definition) is 7. The molecule has 0 N–H and O–H groups in total. The van der Waals surface area contributed by atoms with E-state index in [1.54, 1.807) is 0 Å². The minimum Gasteiger partial charge on any atom is -0.756 e. The monoisotopic (exact) mass is 523 g/mol. The minimum absolute atomic E-state index is 0.0293. The molecule has 0 aromatic rings. The van der Waals surface area contributed by atoms with Crippen LogP contribution >= 0.6 is 7.82 Å². The SMILES string of the molecule is CCCCCCCCCOCC(COP(=O)([O-])OCC[N+](C)(C)C)OC(=O)CCCCCCCC. The number of phosphoric ester groups is 1. The number of ether oxygens (including phenoxy) is 2. The van der Waals surface area contributed by atoms with Gasteiger partial charge in [-0.1, -0.05) is 84.5 Å². The van der Waals surface area contributed by atoms with E-state index < -0.39 is 13.9 Å². The molecule has 0 aromatic heterocycles. The normalized spacial score (nSPS) is 14.6. The fourth-order valence-electron chi connectivity index (χ4n) is 3.42. The Morgan fingerprint density at radius 2 is 1.31 bits per heavy atom. The van der Waals surface area contributed by atoms with E-state index in [9.17, 15) is 14.3 Å². The Kier molecular flexibility index (Phi) is 21.3. The molecular formula is C26H54NO7P. The molecule has 0 amide bonds. The van der Waals surface area contributed by atoms with E-state index in [1.165, 1.54) is 51.4 Å². The molecule has 0 aliphatic heterocycles. The summed E-state index contributed by atoms with van der Waals surface area (Å²) in [6.07, 6.45) is 14.2. The number of quaternary nitrogens is 1. The molecule has 0 aliphatic carbocycles. The zero-order valence-corrected chi connectivity index (χ0v) is 24.2. The number of hydrogen-bond donors (Lipinski definition) is 0. The Balaban J connectivity index is 4.43. The third kappa shape index (κ3) is 25.0. The number of carbonyl (C=O) groups excluding carboxylic acids is 1. The van der Waals surface area contributed by atoms with Crippen LogP contribution in [0.25, 0.3) is 0 Å². The highest BCUT2D eigenvalue weighted by molar-refractivity contribution is 7.45. The molecule has 0 aliphatic rings. The second-order valence-electron chi connectivity index (χ2n) is 10.4. The summed E-state index contributed by atoms with van der Waals surface area (Å²) in [6.45, 7) is 5.29. The second kappa shape index (κ2) is 21.6. The van der Waals surface area contributed by atoms with Gasteiger partial charge in [-0.15, -0.1) is 0 Å². The molecule has 210 valence electrons. The van der Waals surface area contributed by atoms with Crippen molar-refractivity contribution in [2.24, 2.45) is 0 Å². The summed E-state index contributed by atoms with van der Waals surface area (Å²) >= 11 is 0. The zero-order chi connectivity index (χ0) is 26.4. The van der Waals surface area contributed by atoms with Gasteiger partial charge < -0.3 is 27.9 Å². The molecule has 0 heterocycles. The summed E-state index contributed by atoms with van der Waals surface area (Å²) in [5.74, 6) is -0.347. The highest BCUT2D eigenvalue weighted by Crippen LogP contribution is 2.38. The number of likely N-dealkylation sites (N-methyl/N-ethyl adjacent to an activating group) is 1. The highest BCUT2D eigenvalue weighted by atomic mass is 31.2. The van der Waals surface area contributed by atoms with Gasteiger partial charge in [0.2, 0.25) is 0 Å². The van der Waals surface area contributed by atoms with Crippen molar-refractivity contribution in [3.05, 3.63) is 0 Å². The zero-order valence-electron chi connectivity index (χ0n) is 23.3. The van der Waals surface area contributed by atoms with E-state index in [0.717, 1.165) is 32.1 Å². The number of rotatable bonds is 25. The van der Waals surface area contributed by atoms with Gasteiger partial charge in [0.1, 0.15) is 19.3 Å². The summed E-state index contributed by atoms with van der Waals surface area (Å²) in [7, 11) is 1.36. The highest BCUT2D eigenvalue weighted by Gasteiger charge is 2.20. The molecule has 0 rings (SSSR count). The molecule has 2 atom stereocenters. The van der Waals surface area contributed by atoms with Crippen molar-refractivity contribution < 1.29 is 37.3 Å². The van der Waals surface area contributed by atoms with Crippen LogP contribution in [0, 0.1) is 0 Å². The molecular weight excluding hydrogens is 469 g/mol. The Morgan fingerprint density at radius 1 is 0.771 bits per heavy atom. The lowest BCUT2D eigenvalue weighted by Gasteiger charge is -2.28. The van der Waals surface area contributed by atoms with Crippen LogP contribution in [0.2, 0.25) is 0 Å². The van der Waals surface area contributed by atoms with Gasteiger partial charge >= 0.3 is 5.97 Å². The Labute approximate surface area is 215 Å². The van der Waals surface area contributed by atoms with Gasteiger partial charge in [0.25, 0.3) is 7.82 Å². The van der Waals surface area contributed by atoms with Gasteiger partial charge in [-0.25, -0.2) is 0 Å². The van der Waals surface area contributed by atoms with Crippen molar-refractivity contribution in [1.29, 1.82) is 0 Å². The Morgan fingerprint density at radius 3 is 1.89 bits per heavy atom. The van der Waals surface area contributed by atoms with Crippen molar-refractivity contribution in [2.75, 3.05) is 54.1 Å². The number of nitrogens with zero attached hydrogens (tertiary/aromatic N) is 1. The average molecular weight is 524 g/mol. The van der Waals surface area contributed by atoms with E-state index in [1.807, 2.05) is 21.1 Å². The first kappa shape index (κ1) is 34.5. The van der Waals surface area contributed by atoms with E-state index >= 15 is 0 Å². The molecule has 0 fully saturated rings. The van der Waals surface area contributed by atoms with Gasteiger partial charge in [-0.05, 0) is 12.8 Å². The lowest BCUT2D eigenvalue weighted by atomic mass is 10.1. The lowest BCUT2D eigenvalue weighted by molar-refractivity contribution is -0.870. The van der Waals surface area contributed by atoms with Gasteiger partial charge in [0, 0.05) is 13.0 Å². The van der Waals surface area contributed by atoms with Crippen molar-refractivity contribution in [3.63, 3.8) is 0 Å². The number of esters is 1. The third-order valence-corrected chi connectivity index (χ3v) is 6.62. The van der Waals surface area contributed by atoms with Crippen molar-refractivity contribution >= 4 is 13.8 Å². The predicted octanol–water partition coefficient (Wildman–Crippen LogP) is 5.62. The largest absolute Gasteiger partial charge is 0.756 e. The van der Waals surface area contributed by atoms with Crippen molar-refractivity contribution in [2.45, 2.75) is 110 Å². The molecule has 0 saturated carbocycles. The van der Waals surface area contributed by atoms with Crippen LogP contribution in [-0.2, 0) is 27.9 Å². The third-order valence-electron chi connectivity index (χ3n) is 5.66. The summed E-state index contributed by atoms with van der Waals surface area (Å²) < 4.78 is 33.9. The fraction of sp³-hybridized carbons (Fsp3) is 0.962. The van der Waals surface area contributed by atoms with Gasteiger partial charge in [-0.3, -0.25) is 9.36 Å². The van der Waals surface area contributed by atoms with Crippen LogP contribution in [0.4, 0.5) is 0 Å². The van der Waals surface area contributed by atoms with Crippen molar-refractivity contribution in [1.82, 2.24) is 0 Å². The second-order valence-corrected chi connectivity index (χ2v) is 11.8. The van der Waals surface area contributed by atoms with Gasteiger partial charge in [-0.2, -0.15) is 0 Å². The minimum atomic E-state index is -4.48. The maximum Gasteiger partial charge on any atom is 0.306 e. The fourth-order valence-corrected chi connectivity index (χ4v) is 4.15. The molecule has 0 radical (unpaired) electrons. The number of unbranched alkanes of at least 4 members (excludes halogenated alkanes) is 11. The summed E-state index contributed by atoms with van der Waals surface area (Å²) in [4.78, 5) is 24.4. The maximum atomic E-state index is 12.3. The van der Waals surface area contributed by atoms with Crippen LogP contribution in [-0.4, -0.2) is 70.7 Å². The molecule has 0 aromatic carbocycles. The molecule has 0 spiro atoms. The van der Waals surface area contributed by atoms with E-state index in [4.69, 9.17) is 18.5 Å². The van der Waals surface area contributed by atoms with Crippen LogP contribution in [0.5, 0.6) is 0 Å². The summed E-state index contributed by atoms with van der Waals surface area (Å²) in [6, 6.07) is 0.